The molecule has 9 nitrogen and oxygen atoms in total. The number of aromatic hydroxyl groups is 1. The molecule has 1 aromatic carbocycles. The van der Waals surface area contributed by atoms with Gasteiger partial charge in [-0.25, -0.2) is 13.2 Å². The van der Waals surface area contributed by atoms with Crippen LogP contribution in [-0.2, 0) is 14.8 Å². The lowest BCUT2D eigenvalue weighted by Crippen LogP contribution is -2.52. The maximum absolute atomic E-state index is 12.7. The largest absolute Gasteiger partial charge is 0.507 e. The monoisotopic (exact) mass is 414 g/mol. The van der Waals surface area contributed by atoms with Gasteiger partial charge in [-0.3, -0.25) is 10.1 Å². The first-order chi connectivity index (χ1) is 13.6. The maximum Gasteiger partial charge on any atom is 0.322 e. The van der Waals surface area contributed by atoms with E-state index in [2.05, 4.69) is 17.2 Å². The molecule has 0 aromatic heterocycles. The van der Waals surface area contributed by atoms with Crippen LogP contribution in [0, 0.1) is 23.2 Å². The van der Waals surface area contributed by atoms with Gasteiger partial charge in [0.15, 0.2) is 0 Å². The molecular weight excluding hydrogens is 396 g/mol. The molecule has 1 atom stereocenters. The minimum Gasteiger partial charge on any atom is -0.507 e. The number of phenolic OH excluding ortho intramolecular Hbond substituents is 1. The summed E-state index contributed by atoms with van der Waals surface area (Å²) in [5.41, 5.74) is -0.0574. The number of nitrogens with one attached hydrogen (secondary N) is 2. The molecule has 0 bridgehead atoms. The van der Waals surface area contributed by atoms with E-state index in [0.717, 1.165) is 5.57 Å². The van der Waals surface area contributed by atoms with Crippen LogP contribution in [0.15, 0.2) is 29.8 Å². The van der Waals surface area contributed by atoms with E-state index in [4.69, 9.17) is 5.26 Å². The van der Waals surface area contributed by atoms with Crippen molar-refractivity contribution in [2.45, 2.75) is 18.9 Å². The van der Waals surface area contributed by atoms with Crippen LogP contribution in [0.4, 0.5) is 4.79 Å². The Labute approximate surface area is 168 Å². The molecule has 29 heavy (non-hydrogen) atoms. The topological polar surface area (TPSA) is 140 Å². The molecule has 3 amide bonds. The summed E-state index contributed by atoms with van der Waals surface area (Å²) in [6.07, 6.45) is 2.08. The zero-order chi connectivity index (χ0) is 21.2. The van der Waals surface area contributed by atoms with Crippen molar-refractivity contribution in [1.29, 1.82) is 5.26 Å². The van der Waals surface area contributed by atoms with Gasteiger partial charge in [-0.15, -0.1) is 0 Å². The molecule has 0 aliphatic carbocycles. The SMILES string of the molecule is C[C@@]1(CS(=O)(=O)N2CC=C(C#Cc3ccc(C#N)c(O)c3)CC2)NC(=O)NC1=O. The number of nitrogens with zero attached hydrogens (tertiary/aromatic N) is 2. The summed E-state index contributed by atoms with van der Waals surface area (Å²) in [6.45, 7) is 1.68. The van der Waals surface area contributed by atoms with Crippen LogP contribution in [0.25, 0.3) is 0 Å². The minimum absolute atomic E-state index is 0.108. The molecule has 1 fully saturated rings. The number of carbonyl (C=O) groups is 2. The smallest absolute Gasteiger partial charge is 0.322 e. The number of nitriles is 1. The molecule has 0 radical (unpaired) electrons. The summed E-state index contributed by atoms with van der Waals surface area (Å²) in [7, 11) is -3.78. The summed E-state index contributed by atoms with van der Waals surface area (Å²) in [5.74, 6) is 4.47. The number of sulfonamides is 1. The van der Waals surface area contributed by atoms with Crippen molar-refractivity contribution in [3.8, 4) is 23.7 Å². The van der Waals surface area contributed by atoms with Crippen LogP contribution in [0.3, 0.4) is 0 Å². The molecule has 1 aromatic rings. The van der Waals surface area contributed by atoms with Crippen LogP contribution >= 0.6 is 0 Å². The lowest BCUT2D eigenvalue weighted by atomic mass is 10.1. The summed E-state index contributed by atoms with van der Waals surface area (Å²) in [6, 6.07) is 5.64. The number of phenols is 1. The van der Waals surface area contributed by atoms with Crippen molar-refractivity contribution in [1.82, 2.24) is 14.9 Å². The second-order valence-corrected chi connectivity index (χ2v) is 8.90. The van der Waals surface area contributed by atoms with Crippen molar-refractivity contribution < 1.29 is 23.1 Å². The molecule has 1 saturated heterocycles. The van der Waals surface area contributed by atoms with E-state index in [1.54, 1.807) is 12.1 Å². The van der Waals surface area contributed by atoms with Crippen molar-refractivity contribution in [2.75, 3.05) is 18.8 Å². The molecule has 0 spiro atoms. The molecule has 150 valence electrons. The molecule has 3 rings (SSSR count). The van der Waals surface area contributed by atoms with E-state index in [1.807, 2.05) is 11.4 Å². The van der Waals surface area contributed by atoms with Gasteiger partial charge < -0.3 is 10.4 Å². The van der Waals surface area contributed by atoms with Crippen molar-refractivity contribution in [3.63, 3.8) is 0 Å². The third-order valence-electron chi connectivity index (χ3n) is 4.64. The summed E-state index contributed by atoms with van der Waals surface area (Å²) in [5, 5.41) is 22.9. The van der Waals surface area contributed by atoms with Gasteiger partial charge in [0.1, 0.15) is 17.4 Å². The highest BCUT2D eigenvalue weighted by Crippen LogP contribution is 2.20. The van der Waals surface area contributed by atoms with Crippen molar-refractivity contribution >= 4 is 22.0 Å². The summed E-state index contributed by atoms with van der Waals surface area (Å²) < 4.78 is 26.6. The third-order valence-corrected chi connectivity index (χ3v) is 6.70. The maximum atomic E-state index is 12.7. The fraction of sp³-hybridized carbons (Fsp3) is 0.316. The summed E-state index contributed by atoms with van der Waals surface area (Å²) in [4.78, 5) is 23.2. The van der Waals surface area contributed by atoms with Gasteiger partial charge >= 0.3 is 6.03 Å². The van der Waals surface area contributed by atoms with Crippen LogP contribution in [0.2, 0.25) is 0 Å². The van der Waals surface area contributed by atoms with Gasteiger partial charge in [0, 0.05) is 24.2 Å². The quantitative estimate of drug-likeness (QED) is 0.476. The Hall–Kier alpha value is -3.34. The molecule has 2 aliphatic rings. The molecule has 2 heterocycles. The lowest BCUT2D eigenvalue weighted by Gasteiger charge is -2.28. The van der Waals surface area contributed by atoms with Crippen LogP contribution in [0.1, 0.15) is 24.5 Å². The molecule has 3 N–H and O–H groups in total. The van der Waals surface area contributed by atoms with Gasteiger partial charge in [-0.05, 0) is 31.5 Å². The van der Waals surface area contributed by atoms with Gasteiger partial charge in [-0.2, -0.15) is 9.57 Å². The second-order valence-electron chi connectivity index (χ2n) is 6.93. The predicted octanol–water partition coefficient (Wildman–Crippen LogP) is 0.175. The Bertz CT molecular complexity index is 1120. The first-order valence-electron chi connectivity index (χ1n) is 8.68. The van der Waals surface area contributed by atoms with E-state index < -0.39 is 33.3 Å². The fourth-order valence-corrected chi connectivity index (χ4v) is 4.80. The Kier molecular flexibility index (Phi) is 5.33. The average Bonchev–Trinajstić information content (AvgIpc) is 2.91. The lowest BCUT2D eigenvalue weighted by molar-refractivity contribution is -0.122. The highest BCUT2D eigenvalue weighted by Gasteiger charge is 2.46. The Balaban J connectivity index is 1.68. The van der Waals surface area contributed by atoms with E-state index in [0.29, 0.717) is 12.0 Å². The molecule has 2 aliphatic heterocycles. The Morgan fingerprint density at radius 1 is 1.31 bits per heavy atom. The van der Waals surface area contributed by atoms with E-state index in [1.165, 1.54) is 23.4 Å². The third kappa shape index (κ3) is 4.40. The van der Waals surface area contributed by atoms with Crippen LogP contribution < -0.4 is 10.6 Å². The number of hydrogen-bond acceptors (Lipinski definition) is 6. The van der Waals surface area contributed by atoms with Crippen molar-refractivity contribution in [2.24, 2.45) is 0 Å². The van der Waals surface area contributed by atoms with Crippen molar-refractivity contribution in [3.05, 3.63) is 41.0 Å². The van der Waals surface area contributed by atoms with E-state index >= 15 is 0 Å². The van der Waals surface area contributed by atoms with Crippen LogP contribution in [0.5, 0.6) is 5.75 Å². The number of benzene rings is 1. The molecule has 0 unspecified atom stereocenters. The van der Waals surface area contributed by atoms with E-state index in [-0.39, 0.29) is 24.4 Å². The normalized spacial score (nSPS) is 22.0. The fourth-order valence-electron chi connectivity index (χ4n) is 3.01. The molecule has 0 saturated carbocycles. The Morgan fingerprint density at radius 3 is 2.62 bits per heavy atom. The van der Waals surface area contributed by atoms with Crippen LogP contribution in [-0.4, -0.2) is 54.1 Å². The van der Waals surface area contributed by atoms with Gasteiger partial charge in [0.05, 0.1) is 11.3 Å². The zero-order valence-electron chi connectivity index (χ0n) is 15.5. The number of amides is 3. The standard InChI is InChI=1S/C19H18N4O5S/c1-19(17(25)21-18(26)22-19)12-29(27,28)23-8-6-13(7-9-23)2-3-14-4-5-15(11-20)16(24)10-14/h4-6,10,24H,7-9,12H2,1H3,(H2,21,22,25,26)/t19-/m0/s1. The highest BCUT2D eigenvalue weighted by atomic mass is 32.2. The van der Waals surface area contributed by atoms with Gasteiger partial charge in [-0.1, -0.05) is 17.9 Å². The number of carbonyl (C=O) groups excluding carboxylic acids is 2. The summed E-state index contributed by atoms with van der Waals surface area (Å²) >= 11 is 0. The first-order valence-corrected chi connectivity index (χ1v) is 10.3. The number of hydrogen-bond donors (Lipinski definition) is 3. The molecule has 10 heteroatoms. The Morgan fingerprint density at radius 2 is 2.07 bits per heavy atom. The first kappa shape index (κ1) is 20.4. The minimum atomic E-state index is -3.78. The number of imide groups is 1. The van der Waals surface area contributed by atoms with Gasteiger partial charge in [0.2, 0.25) is 10.0 Å². The predicted molar refractivity (Wildman–Crippen MR) is 103 cm³/mol. The average molecular weight is 414 g/mol. The zero-order valence-corrected chi connectivity index (χ0v) is 16.3. The highest BCUT2D eigenvalue weighted by molar-refractivity contribution is 7.89. The van der Waals surface area contributed by atoms with Gasteiger partial charge in [0.25, 0.3) is 5.91 Å². The van der Waals surface area contributed by atoms with E-state index in [9.17, 15) is 23.1 Å². The second kappa shape index (κ2) is 7.59. The number of urea groups is 1. The number of rotatable bonds is 3. The molecular formula is C19H18N4O5S.